The van der Waals surface area contributed by atoms with Crippen molar-refractivity contribution in [2.75, 3.05) is 19.3 Å². The number of hydrogen-bond donors (Lipinski definition) is 0. The van der Waals surface area contributed by atoms with E-state index in [9.17, 15) is 4.79 Å². The Bertz CT molecular complexity index is 554. The highest BCUT2D eigenvalue weighted by molar-refractivity contribution is 7.99. The predicted molar refractivity (Wildman–Crippen MR) is 81.4 cm³/mol. The Balaban J connectivity index is 1.86. The molecular formula is C15H18N2O2S. The molecule has 0 N–H and O–H groups in total. The first-order valence-corrected chi connectivity index (χ1v) is 7.69. The smallest absolute Gasteiger partial charge is 0.232 e. The first-order chi connectivity index (χ1) is 9.70. The molecule has 2 rings (SSSR count). The van der Waals surface area contributed by atoms with E-state index in [-0.39, 0.29) is 5.91 Å². The van der Waals surface area contributed by atoms with Gasteiger partial charge in [0.15, 0.2) is 0 Å². The zero-order valence-electron chi connectivity index (χ0n) is 11.7. The van der Waals surface area contributed by atoms with Crippen molar-refractivity contribution >= 4 is 17.7 Å². The summed E-state index contributed by atoms with van der Waals surface area (Å²) in [6.07, 6.45) is 0. The lowest BCUT2D eigenvalue weighted by Crippen LogP contribution is -2.27. The van der Waals surface area contributed by atoms with Crippen molar-refractivity contribution in [3.8, 4) is 11.3 Å². The molecule has 1 amide bonds. The van der Waals surface area contributed by atoms with E-state index in [1.165, 1.54) is 0 Å². The average Bonchev–Trinajstić information content (AvgIpc) is 2.96. The minimum atomic E-state index is 0.139. The zero-order valence-corrected chi connectivity index (χ0v) is 12.5. The Hall–Kier alpha value is -1.75. The SMILES string of the molecule is CCN(C)C(=O)CSCc1cc(-c2ccccc2)no1. The van der Waals surface area contributed by atoms with Crippen LogP contribution in [0.5, 0.6) is 0 Å². The fourth-order valence-electron chi connectivity index (χ4n) is 1.65. The molecule has 20 heavy (non-hydrogen) atoms. The van der Waals surface area contributed by atoms with Crippen molar-refractivity contribution in [1.82, 2.24) is 10.1 Å². The molecule has 0 saturated heterocycles. The molecule has 0 bridgehead atoms. The lowest BCUT2D eigenvalue weighted by atomic mass is 10.1. The van der Waals surface area contributed by atoms with Crippen LogP contribution in [0.2, 0.25) is 0 Å². The molecule has 1 heterocycles. The van der Waals surface area contributed by atoms with Gasteiger partial charge in [-0.15, -0.1) is 11.8 Å². The minimum absolute atomic E-state index is 0.139. The molecular weight excluding hydrogens is 272 g/mol. The van der Waals surface area contributed by atoms with Gasteiger partial charge in [0.1, 0.15) is 11.5 Å². The second kappa shape index (κ2) is 7.14. The molecule has 1 aromatic carbocycles. The summed E-state index contributed by atoms with van der Waals surface area (Å²) in [6, 6.07) is 11.8. The van der Waals surface area contributed by atoms with Crippen LogP contribution in [0.15, 0.2) is 40.9 Å². The number of aromatic nitrogens is 1. The van der Waals surface area contributed by atoms with Gasteiger partial charge in [-0.1, -0.05) is 35.5 Å². The summed E-state index contributed by atoms with van der Waals surface area (Å²) in [6.45, 7) is 2.70. The second-order valence-electron chi connectivity index (χ2n) is 4.45. The van der Waals surface area contributed by atoms with Crippen molar-refractivity contribution in [2.45, 2.75) is 12.7 Å². The first kappa shape index (κ1) is 14.7. The number of carbonyl (C=O) groups excluding carboxylic acids is 1. The standard InChI is InChI=1S/C15H18N2O2S/c1-3-17(2)15(18)11-20-10-13-9-14(16-19-13)12-7-5-4-6-8-12/h4-9H,3,10-11H2,1-2H3. The van der Waals surface area contributed by atoms with E-state index in [1.807, 2.05) is 50.4 Å². The van der Waals surface area contributed by atoms with E-state index in [0.717, 1.165) is 23.6 Å². The maximum absolute atomic E-state index is 11.6. The molecule has 2 aromatic rings. The highest BCUT2D eigenvalue weighted by Crippen LogP contribution is 2.21. The van der Waals surface area contributed by atoms with Gasteiger partial charge in [0.05, 0.1) is 11.5 Å². The van der Waals surface area contributed by atoms with Gasteiger partial charge in [-0.05, 0) is 6.92 Å². The van der Waals surface area contributed by atoms with Crippen LogP contribution >= 0.6 is 11.8 Å². The largest absolute Gasteiger partial charge is 0.360 e. The Kier molecular flexibility index (Phi) is 5.24. The van der Waals surface area contributed by atoms with E-state index < -0.39 is 0 Å². The Morgan fingerprint density at radius 2 is 2.10 bits per heavy atom. The topological polar surface area (TPSA) is 46.3 Å². The number of carbonyl (C=O) groups is 1. The monoisotopic (exact) mass is 290 g/mol. The van der Waals surface area contributed by atoms with Crippen LogP contribution in [-0.4, -0.2) is 35.3 Å². The maximum atomic E-state index is 11.6. The summed E-state index contributed by atoms with van der Waals surface area (Å²) in [7, 11) is 1.81. The third-order valence-corrected chi connectivity index (χ3v) is 3.94. The number of benzene rings is 1. The minimum Gasteiger partial charge on any atom is -0.360 e. The molecule has 0 fully saturated rings. The molecule has 0 aliphatic carbocycles. The summed E-state index contributed by atoms with van der Waals surface area (Å²) in [5, 5.41) is 4.05. The average molecular weight is 290 g/mol. The van der Waals surface area contributed by atoms with Crippen molar-refractivity contribution in [3.05, 3.63) is 42.2 Å². The first-order valence-electron chi connectivity index (χ1n) is 6.53. The van der Waals surface area contributed by atoms with Crippen molar-refractivity contribution in [1.29, 1.82) is 0 Å². The van der Waals surface area contributed by atoms with Crippen molar-refractivity contribution in [3.63, 3.8) is 0 Å². The van der Waals surface area contributed by atoms with Gasteiger partial charge < -0.3 is 9.42 Å². The van der Waals surface area contributed by atoms with Gasteiger partial charge in [0.25, 0.3) is 0 Å². The highest BCUT2D eigenvalue weighted by Gasteiger charge is 2.09. The summed E-state index contributed by atoms with van der Waals surface area (Å²) >= 11 is 1.54. The van der Waals surface area contributed by atoms with Gasteiger partial charge in [-0.3, -0.25) is 4.79 Å². The maximum Gasteiger partial charge on any atom is 0.232 e. The molecule has 106 valence electrons. The van der Waals surface area contributed by atoms with Gasteiger partial charge in [-0.2, -0.15) is 0 Å². The Labute approximate surface area is 123 Å². The van der Waals surface area contributed by atoms with Crippen LogP contribution in [0.3, 0.4) is 0 Å². The van der Waals surface area contributed by atoms with E-state index in [4.69, 9.17) is 4.52 Å². The molecule has 0 atom stereocenters. The van der Waals surface area contributed by atoms with E-state index in [0.29, 0.717) is 11.5 Å². The zero-order chi connectivity index (χ0) is 14.4. The molecule has 0 unspecified atom stereocenters. The van der Waals surface area contributed by atoms with Crippen LogP contribution in [0.25, 0.3) is 11.3 Å². The third kappa shape index (κ3) is 3.87. The number of hydrogen-bond acceptors (Lipinski definition) is 4. The number of rotatable bonds is 6. The van der Waals surface area contributed by atoms with Crippen LogP contribution in [-0.2, 0) is 10.5 Å². The van der Waals surface area contributed by atoms with Crippen LogP contribution in [0.1, 0.15) is 12.7 Å². The van der Waals surface area contributed by atoms with Crippen LogP contribution in [0.4, 0.5) is 0 Å². The number of amides is 1. The quantitative estimate of drug-likeness (QED) is 0.820. The normalized spacial score (nSPS) is 10.5. The van der Waals surface area contributed by atoms with Crippen molar-refractivity contribution < 1.29 is 9.32 Å². The molecule has 1 aromatic heterocycles. The lowest BCUT2D eigenvalue weighted by molar-refractivity contribution is -0.126. The van der Waals surface area contributed by atoms with Gasteiger partial charge in [-0.25, -0.2) is 0 Å². The fraction of sp³-hybridized carbons (Fsp3) is 0.333. The Morgan fingerprint density at radius 1 is 1.35 bits per heavy atom. The van der Waals surface area contributed by atoms with Crippen molar-refractivity contribution in [2.24, 2.45) is 0 Å². The molecule has 0 aliphatic heterocycles. The third-order valence-electron chi connectivity index (χ3n) is 3.00. The molecule has 0 spiro atoms. The molecule has 0 radical (unpaired) electrons. The molecule has 5 heteroatoms. The summed E-state index contributed by atoms with van der Waals surface area (Å²) < 4.78 is 5.29. The van der Waals surface area contributed by atoms with Gasteiger partial charge >= 0.3 is 0 Å². The fourth-order valence-corrected chi connectivity index (χ4v) is 2.49. The lowest BCUT2D eigenvalue weighted by Gasteiger charge is -2.13. The predicted octanol–water partition coefficient (Wildman–Crippen LogP) is 3.05. The second-order valence-corrected chi connectivity index (χ2v) is 5.43. The van der Waals surface area contributed by atoms with Crippen LogP contribution < -0.4 is 0 Å². The summed E-state index contributed by atoms with van der Waals surface area (Å²) in [5.41, 5.74) is 1.87. The van der Waals surface area contributed by atoms with Crippen LogP contribution in [0, 0.1) is 0 Å². The van der Waals surface area contributed by atoms with E-state index in [1.54, 1.807) is 16.7 Å². The number of thioether (sulfide) groups is 1. The summed E-state index contributed by atoms with van der Waals surface area (Å²) in [5.74, 6) is 2.05. The van der Waals surface area contributed by atoms with E-state index in [2.05, 4.69) is 5.16 Å². The molecule has 0 aliphatic rings. The van der Waals surface area contributed by atoms with Gasteiger partial charge in [0, 0.05) is 25.2 Å². The van der Waals surface area contributed by atoms with Gasteiger partial charge in [0.2, 0.25) is 5.91 Å². The molecule has 4 nitrogen and oxygen atoms in total. The van der Waals surface area contributed by atoms with E-state index >= 15 is 0 Å². The highest BCUT2D eigenvalue weighted by atomic mass is 32.2. The summed E-state index contributed by atoms with van der Waals surface area (Å²) in [4.78, 5) is 13.4. The Morgan fingerprint density at radius 3 is 2.80 bits per heavy atom. The number of nitrogens with zero attached hydrogens (tertiary/aromatic N) is 2. The molecule has 0 saturated carbocycles.